The maximum atomic E-state index is 6.18. The Morgan fingerprint density at radius 3 is 2.72 bits per heavy atom. The van der Waals surface area contributed by atoms with Crippen LogP contribution in [0.3, 0.4) is 0 Å². The van der Waals surface area contributed by atoms with E-state index < -0.39 is 0 Å². The van der Waals surface area contributed by atoms with E-state index in [1.54, 1.807) is 0 Å². The van der Waals surface area contributed by atoms with Gasteiger partial charge in [-0.15, -0.1) is 0 Å². The second kappa shape index (κ2) is 4.73. The first-order valence-corrected chi connectivity index (χ1v) is 6.46. The third-order valence-electron chi connectivity index (χ3n) is 3.39. The molecule has 2 heteroatoms. The maximum absolute atomic E-state index is 6.18. The van der Waals surface area contributed by atoms with E-state index in [1.807, 2.05) is 6.07 Å². The predicted molar refractivity (Wildman–Crippen MR) is 74.1 cm³/mol. The zero-order valence-corrected chi connectivity index (χ0v) is 10.5. The highest BCUT2D eigenvalue weighted by molar-refractivity contribution is 5.62. The van der Waals surface area contributed by atoms with Crippen molar-refractivity contribution in [3.8, 4) is 5.75 Å². The molecule has 0 spiro atoms. The number of nitrogens with one attached hydrogen (secondary N) is 1. The molecule has 3 rings (SSSR count). The summed E-state index contributed by atoms with van der Waals surface area (Å²) in [6.45, 7) is 2.98. The second-order valence-corrected chi connectivity index (χ2v) is 4.55. The summed E-state index contributed by atoms with van der Waals surface area (Å²) in [5, 5.41) is 3.46. The van der Waals surface area contributed by atoms with E-state index >= 15 is 0 Å². The van der Waals surface area contributed by atoms with Crippen LogP contribution in [-0.4, -0.2) is 6.54 Å². The number of aryl methyl sites for hydroxylation is 1. The molecule has 1 aliphatic rings. The minimum Gasteiger partial charge on any atom is -0.481 e. The van der Waals surface area contributed by atoms with Gasteiger partial charge in [0.1, 0.15) is 11.9 Å². The average Bonchev–Trinajstić information content (AvgIpc) is 2.47. The number of anilines is 1. The number of rotatable bonds is 2. The molecule has 0 saturated carbocycles. The van der Waals surface area contributed by atoms with E-state index in [0.29, 0.717) is 0 Å². The van der Waals surface area contributed by atoms with Gasteiger partial charge in [-0.25, -0.2) is 0 Å². The van der Waals surface area contributed by atoms with Crippen LogP contribution in [0, 0.1) is 0 Å². The van der Waals surface area contributed by atoms with Gasteiger partial charge in [0.25, 0.3) is 0 Å². The fourth-order valence-electron chi connectivity index (χ4n) is 2.38. The van der Waals surface area contributed by atoms with Gasteiger partial charge in [0, 0.05) is 0 Å². The van der Waals surface area contributed by atoms with E-state index in [4.69, 9.17) is 4.74 Å². The van der Waals surface area contributed by atoms with Crippen molar-refractivity contribution in [1.29, 1.82) is 0 Å². The monoisotopic (exact) mass is 239 g/mol. The third kappa shape index (κ3) is 1.94. The van der Waals surface area contributed by atoms with Crippen molar-refractivity contribution >= 4 is 5.69 Å². The Morgan fingerprint density at radius 1 is 1.11 bits per heavy atom. The van der Waals surface area contributed by atoms with Crippen LogP contribution < -0.4 is 10.1 Å². The normalized spacial score (nSPS) is 17.5. The van der Waals surface area contributed by atoms with Crippen LogP contribution in [-0.2, 0) is 6.42 Å². The van der Waals surface area contributed by atoms with Gasteiger partial charge in [-0.2, -0.15) is 0 Å². The summed E-state index contributed by atoms with van der Waals surface area (Å²) in [5.41, 5.74) is 3.60. The summed E-state index contributed by atoms with van der Waals surface area (Å²) in [6, 6.07) is 16.7. The molecule has 0 fully saturated rings. The first-order chi connectivity index (χ1) is 8.88. The topological polar surface area (TPSA) is 21.3 Å². The van der Waals surface area contributed by atoms with E-state index in [0.717, 1.165) is 24.4 Å². The highest BCUT2D eigenvalue weighted by atomic mass is 16.5. The predicted octanol–water partition coefficient (Wildman–Crippen LogP) is 3.79. The third-order valence-corrected chi connectivity index (χ3v) is 3.39. The fraction of sp³-hybridized carbons (Fsp3) is 0.250. The summed E-state index contributed by atoms with van der Waals surface area (Å²) in [5.74, 6) is 1.01. The number of benzene rings is 2. The van der Waals surface area contributed by atoms with Crippen molar-refractivity contribution in [3.63, 3.8) is 0 Å². The highest BCUT2D eigenvalue weighted by Gasteiger charge is 2.22. The van der Waals surface area contributed by atoms with Gasteiger partial charge in [-0.1, -0.05) is 49.4 Å². The van der Waals surface area contributed by atoms with Crippen LogP contribution in [0.15, 0.2) is 48.5 Å². The number of hydrogen-bond acceptors (Lipinski definition) is 2. The molecule has 0 radical (unpaired) electrons. The lowest BCUT2D eigenvalue weighted by atomic mass is 10.1. The van der Waals surface area contributed by atoms with Crippen LogP contribution in [0.4, 0.5) is 5.69 Å². The molecule has 1 N–H and O–H groups in total. The Bertz CT molecular complexity index is 522. The molecule has 0 aliphatic carbocycles. The number of ether oxygens (including phenoxy) is 1. The molecule has 2 aromatic carbocycles. The summed E-state index contributed by atoms with van der Waals surface area (Å²) < 4.78 is 6.18. The second-order valence-electron chi connectivity index (χ2n) is 4.55. The van der Waals surface area contributed by atoms with E-state index in [-0.39, 0.29) is 6.10 Å². The molecule has 92 valence electrons. The van der Waals surface area contributed by atoms with Gasteiger partial charge in [0.15, 0.2) is 0 Å². The molecule has 0 saturated heterocycles. The molecule has 0 aromatic heterocycles. The molecular weight excluding hydrogens is 222 g/mol. The lowest BCUT2D eigenvalue weighted by Crippen LogP contribution is -2.24. The first-order valence-electron chi connectivity index (χ1n) is 6.46. The summed E-state index contributed by atoms with van der Waals surface area (Å²) in [4.78, 5) is 0. The van der Waals surface area contributed by atoms with Gasteiger partial charge < -0.3 is 10.1 Å². The lowest BCUT2D eigenvalue weighted by molar-refractivity contribution is 0.208. The quantitative estimate of drug-likeness (QED) is 0.860. The molecular formula is C16H17NO. The highest BCUT2D eigenvalue weighted by Crippen LogP contribution is 2.37. The minimum atomic E-state index is 0.103. The fourth-order valence-corrected chi connectivity index (χ4v) is 2.38. The summed E-state index contributed by atoms with van der Waals surface area (Å²) in [6.07, 6.45) is 1.10. The largest absolute Gasteiger partial charge is 0.481 e. The number of hydrogen-bond donors (Lipinski definition) is 1. The van der Waals surface area contributed by atoms with Gasteiger partial charge >= 0.3 is 0 Å². The van der Waals surface area contributed by atoms with E-state index in [9.17, 15) is 0 Å². The molecule has 0 bridgehead atoms. The zero-order valence-electron chi connectivity index (χ0n) is 10.5. The number of fused-ring (bicyclic) bond motifs is 1. The molecule has 1 unspecified atom stereocenters. The van der Waals surface area contributed by atoms with Crippen molar-refractivity contribution in [1.82, 2.24) is 0 Å². The number of para-hydroxylation sites is 1. The van der Waals surface area contributed by atoms with Crippen LogP contribution in [0.2, 0.25) is 0 Å². The summed E-state index contributed by atoms with van der Waals surface area (Å²) in [7, 11) is 0. The molecule has 1 atom stereocenters. The Labute approximate surface area is 108 Å². The van der Waals surface area contributed by atoms with Crippen molar-refractivity contribution in [2.75, 3.05) is 11.9 Å². The average molecular weight is 239 g/mol. The van der Waals surface area contributed by atoms with Crippen molar-refractivity contribution in [3.05, 3.63) is 59.7 Å². The first kappa shape index (κ1) is 11.1. The van der Waals surface area contributed by atoms with E-state index in [2.05, 4.69) is 54.7 Å². The zero-order chi connectivity index (χ0) is 12.4. The molecule has 2 aromatic rings. The van der Waals surface area contributed by atoms with Crippen LogP contribution in [0.25, 0.3) is 0 Å². The van der Waals surface area contributed by atoms with Gasteiger partial charge in [0.2, 0.25) is 0 Å². The smallest absolute Gasteiger partial charge is 0.146 e. The van der Waals surface area contributed by atoms with Gasteiger partial charge in [0.05, 0.1) is 12.2 Å². The summed E-state index contributed by atoms with van der Waals surface area (Å²) >= 11 is 0. The van der Waals surface area contributed by atoms with Crippen LogP contribution in [0.1, 0.15) is 24.2 Å². The molecule has 1 aliphatic heterocycles. The van der Waals surface area contributed by atoms with Gasteiger partial charge in [-0.05, 0) is 23.6 Å². The van der Waals surface area contributed by atoms with Crippen LogP contribution >= 0.6 is 0 Å². The Hall–Kier alpha value is -1.96. The Morgan fingerprint density at radius 2 is 1.94 bits per heavy atom. The van der Waals surface area contributed by atoms with Crippen molar-refractivity contribution < 1.29 is 4.74 Å². The lowest BCUT2D eigenvalue weighted by Gasteiger charge is -2.29. The van der Waals surface area contributed by atoms with Crippen LogP contribution in [0.5, 0.6) is 5.75 Å². The van der Waals surface area contributed by atoms with Crippen molar-refractivity contribution in [2.45, 2.75) is 19.4 Å². The van der Waals surface area contributed by atoms with Gasteiger partial charge in [-0.3, -0.25) is 0 Å². The minimum absolute atomic E-state index is 0.103. The molecule has 1 heterocycles. The van der Waals surface area contributed by atoms with Crippen molar-refractivity contribution in [2.24, 2.45) is 0 Å². The molecule has 18 heavy (non-hydrogen) atoms. The maximum Gasteiger partial charge on any atom is 0.146 e. The standard InChI is InChI=1S/C16H17NO/c1-2-12-9-6-10-14-16(12)18-15(11-17-14)13-7-4-3-5-8-13/h3-10,15,17H,2,11H2,1H3. The Kier molecular flexibility index (Phi) is 2.93. The van der Waals surface area contributed by atoms with E-state index in [1.165, 1.54) is 11.1 Å². The Balaban J connectivity index is 1.93. The SMILES string of the molecule is CCc1cccc2c1OC(c1ccccc1)CN2. The molecule has 2 nitrogen and oxygen atoms in total. The molecule has 0 amide bonds.